The molecule has 0 amide bonds. The highest BCUT2D eigenvalue weighted by molar-refractivity contribution is 6.28. The monoisotopic (exact) mass is 1160 g/mol. The van der Waals surface area contributed by atoms with E-state index in [-0.39, 0.29) is 0 Å². The summed E-state index contributed by atoms with van der Waals surface area (Å²) in [5.74, 6) is 0. The summed E-state index contributed by atoms with van der Waals surface area (Å²) in [5, 5.41) is 7.30. The van der Waals surface area contributed by atoms with E-state index < -0.39 is 5.41 Å². The van der Waals surface area contributed by atoms with Crippen molar-refractivity contribution in [2.24, 2.45) is 0 Å². The zero-order valence-corrected chi connectivity index (χ0v) is 50.0. The van der Waals surface area contributed by atoms with Crippen LogP contribution in [0, 0.1) is 0 Å². The average molecular weight is 1160 g/mol. The molecule has 0 aliphatic heterocycles. The van der Waals surface area contributed by atoms with Crippen LogP contribution in [0.25, 0.3) is 99.1 Å². The second-order valence-corrected chi connectivity index (χ2v) is 23.9. The zero-order chi connectivity index (χ0) is 60.2. The largest absolute Gasteiger partial charge is 0.310 e. The van der Waals surface area contributed by atoms with Gasteiger partial charge in [-0.2, -0.15) is 0 Å². The molecule has 0 N–H and O–H groups in total. The third-order valence-corrected chi connectivity index (χ3v) is 18.9. The van der Waals surface area contributed by atoms with E-state index in [1.165, 1.54) is 110 Å². The first-order valence-corrected chi connectivity index (χ1v) is 31.5. The quantitative estimate of drug-likeness (QED) is 0.106. The molecule has 16 aromatic carbocycles. The summed E-state index contributed by atoms with van der Waals surface area (Å²) in [6.07, 6.45) is 0. The molecule has 1 aliphatic rings. The molecule has 17 rings (SSSR count). The van der Waals surface area contributed by atoms with Crippen LogP contribution in [0.3, 0.4) is 0 Å². The third kappa shape index (κ3) is 9.02. The molecule has 2 heteroatoms. The minimum Gasteiger partial charge on any atom is -0.310 e. The Bertz CT molecular complexity index is 5280. The average Bonchev–Trinajstić information content (AvgIpc) is 1.71. The van der Waals surface area contributed by atoms with Gasteiger partial charge in [0, 0.05) is 33.5 Å². The molecule has 0 atom stereocenters. The molecule has 16 aromatic rings. The number of anilines is 6. The molecule has 1 aliphatic carbocycles. The zero-order valence-electron chi connectivity index (χ0n) is 50.0. The van der Waals surface area contributed by atoms with E-state index in [1.807, 2.05) is 0 Å². The van der Waals surface area contributed by atoms with Crippen molar-refractivity contribution in [3.8, 4) is 66.8 Å². The second kappa shape index (κ2) is 22.4. The van der Waals surface area contributed by atoms with E-state index in [9.17, 15) is 0 Å². The lowest BCUT2D eigenvalue weighted by molar-refractivity contribution is 0.769. The van der Waals surface area contributed by atoms with Gasteiger partial charge in [-0.1, -0.05) is 291 Å². The Morgan fingerprint density at radius 1 is 0.198 bits per heavy atom. The molecule has 0 aromatic heterocycles. The van der Waals surface area contributed by atoms with Gasteiger partial charge in [0.25, 0.3) is 0 Å². The first kappa shape index (κ1) is 53.4. The molecule has 0 saturated heterocycles. The summed E-state index contributed by atoms with van der Waals surface area (Å²) >= 11 is 0. The smallest absolute Gasteiger partial charge is 0.0713 e. The molecule has 0 unspecified atom stereocenters. The lowest BCUT2D eigenvalue weighted by Crippen LogP contribution is -2.28. The number of nitrogens with zero attached hydrogens (tertiary/aromatic N) is 2. The van der Waals surface area contributed by atoms with Gasteiger partial charge in [-0.15, -0.1) is 0 Å². The normalized spacial score (nSPS) is 12.3. The van der Waals surface area contributed by atoms with Gasteiger partial charge in [-0.25, -0.2) is 0 Å². The van der Waals surface area contributed by atoms with Crippen LogP contribution in [0.2, 0.25) is 0 Å². The van der Waals surface area contributed by atoms with Gasteiger partial charge in [-0.3, -0.25) is 0 Å². The van der Waals surface area contributed by atoms with Crippen LogP contribution in [0.15, 0.2) is 364 Å². The Kier molecular flexibility index (Phi) is 13.1. The fourth-order valence-electron chi connectivity index (χ4n) is 14.8. The molecule has 0 saturated carbocycles. The first-order chi connectivity index (χ1) is 45.2. The lowest BCUT2D eigenvalue weighted by Gasteiger charge is -2.34. The highest BCUT2D eigenvalue weighted by Crippen LogP contribution is 2.57. The van der Waals surface area contributed by atoms with E-state index in [1.54, 1.807) is 0 Å². The predicted octanol–water partition coefficient (Wildman–Crippen LogP) is 24.2. The Labute approximate surface area is 531 Å². The van der Waals surface area contributed by atoms with Gasteiger partial charge in [0.2, 0.25) is 0 Å². The SMILES string of the molecule is c1ccc(-c2ccccc2-c2ccccc2-c2cccc(-c3ccc(N(c4ccccc4)c4ccc5ccc6c(N(c7ccccc7)c7ccc(-c8cccc(C9(c%10ccccc%10)c%10ccccc%10-c%10ccccc%109)c8)cc7)ccc7ccc4c5c76)cc3)c2)cc1. The molecule has 0 heterocycles. The number of benzene rings is 16. The summed E-state index contributed by atoms with van der Waals surface area (Å²) in [6, 6.07) is 134. The number of hydrogen-bond donors (Lipinski definition) is 0. The minimum absolute atomic E-state index is 0.475. The predicted molar refractivity (Wildman–Crippen MR) is 384 cm³/mol. The lowest BCUT2D eigenvalue weighted by atomic mass is 9.67. The topological polar surface area (TPSA) is 6.48 Å². The highest BCUT2D eigenvalue weighted by atomic mass is 15.1. The molecule has 426 valence electrons. The fourth-order valence-corrected chi connectivity index (χ4v) is 14.8. The molecular formula is C89H60N2. The number of hydrogen-bond acceptors (Lipinski definition) is 2. The van der Waals surface area contributed by atoms with Gasteiger partial charge in [0.1, 0.15) is 0 Å². The van der Waals surface area contributed by atoms with E-state index in [4.69, 9.17) is 0 Å². The first-order valence-electron chi connectivity index (χ1n) is 31.5. The summed E-state index contributed by atoms with van der Waals surface area (Å²) in [6.45, 7) is 0. The van der Waals surface area contributed by atoms with Gasteiger partial charge in [0.05, 0.1) is 16.8 Å². The van der Waals surface area contributed by atoms with Crippen LogP contribution in [-0.4, -0.2) is 0 Å². The van der Waals surface area contributed by atoms with E-state index in [2.05, 4.69) is 374 Å². The van der Waals surface area contributed by atoms with Crippen molar-refractivity contribution >= 4 is 66.4 Å². The van der Waals surface area contributed by atoms with Crippen LogP contribution in [0.1, 0.15) is 22.3 Å². The number of para-hydroxylation sites is 2. The standard InChI is InChI=1S/C89H60N2/c1-5-23-63(24-6-1)75-35-13-15-37-77(75)78-38-16-14-36-76(78)68-27-21-25-66(59-68)61-43-51-73(52-44-61)90(71-31-9-3-10-32-71)85-57-49-64-48-56-82-86(58-50-65-47-55-81(85)87(64)88(65)82)91(72-33-11-4-12-34-72)74-53-45-62(46-54-74)67-26-22-30-70(60-67)89(69-28-7-2-8-29-69)83-41-19-17-39-79(83)80-40-18-20-42-84(80)89/h1-60H. The molecule has 0 fully saturated rings. The number of rotatable bonds is 13. The molecule has 0 radical (unpaired) electrons. The van der Waals surface area contributed by atoms with Crippen molar-refractivity contribution in [3.63, 3.8) is 0 Å². The maximum absolute atomic E-state index is 2.43. The van der Waals surface area contributed by atoms with Gasteiger partial charge < -0.3 is 9.80 Å². The Morgan fingerprint density at radius 3 is 1.05 bits per heavy atom. The Morgan fingerprint density at radius 2 is 0.549 bits per heavy atom. The Hall–Kier alpha value is -11.8. The third-order valence-electron chi connectivity index (χ3n) is 18.9. The van der Waals surface area contributed by atoms with E-state index in [0.717, 1.165) is 45.3 Å². The second-order valence-electron chi connectivity index (χ2n) is 23.9. The number of fused-ring (bicyclic) bond motifs is 3. The van der Waals surface area contributed by atoms with Crippen molar-refractivity contribution in [2.45, 2.75) is 5.41 Å². The van der Waals surface area contributed by atoms with Gasteiger partial charge in [-0.05, 0) is 183 Å². The van der Waals surface area contributed by atoms with Crippen LogP contribution in [0.5, 0.6) is 0 Å². The summed E-state index contributed by atoms with van der Waals surface area (Å²) in [4.78, 5) is 4.86. The molecule has 2 nitrogen and oxygen atoms in total. The minimum atomic E-state index is -0.475. The van der Waals surface area contributed by atoms with Crippen molar-refractivity contribution in [2.75, 3.05) is 9.80 Å². The molecule has 0 spiro atoms. The highest BCUT2D eigenvalue weighted by Gasteiger charge is 2.46. The van der Waals surface area contributed by atoms with Crippen molar-refractivity contribution < 1.29 is 0 Å². The maximum atomic E-state index is 2.43. The summed E-state index contributed by atoms with van der Waals surface area (Å²) in [7, 11) is 0. The fraction of sp³-hybridized carbons (Fsp3) is 0.0112. The van der Waals surface area contributed by atoms with E-state index in [0.29, 0.717) is 0 Å². The van der Waals surface area contributed by atoms with Crippen LogP contribution >= 0.6 is 0 Å². The van der Waals surface area contributed by atoms with Crippen molar-refractivity contribution in [1.29, 1.82) is 0 Å². The van der Waals surface area contributed by atoms with Crippen molar-refractivity contribution in [3.05, 3.63) is 386 Å². The van der Waals surface area contributed by atoms with Gasteiger partial charge in [0.15, 0.2) is 0 Å². The van der Waals surface area contributed by atoms with Crippen LogP contribution in [-0.2, 0) is 5.41 Å². The molecular weight excluding hydrogens is 1100 g/mol. The Balaban J connectivity index is 0.736. The van der Waals surface area contributed by atoms with Crippen LogP contribution in [0.4, 0.5) is 34.1 Å². The maximum Gasteiger partial charge on any atom is 0.0713 e. The molecule has 91 heavy (non-hydrogen) atoms. The molecule has 0 bridgehead atoms. The van der Waals surface area contributed by atoms with Crippen molar-refractivity contribution in [1.82, 2.24) is 0 Å². The summed E-state index contributed by atoms with van der Waals surface area (Å²) < 4.78 is 0. The summed E-state index contributed by atoms with van der Waals surface area (Å²) in [5.41, 5.74) is 25.8. The van der Waals surface area contributed by atoms with Crippen LogP contribution < -0.4 is 9.80 Å². The van der Waals surface area contributed by atoms with E-state index >= 15 is 0 Å². The van der Waals surface area contributed by atoms with Gasteiger partial charge >= 0.3 is 0 Å².